The molecule has 1 aliphatic rings. The third-order valence-corrected chi connectivity index (χ3v) is 3.29. The van der Waals surface area contributed by atoms with Gasteiger partial charge in [0, 0.05) is 26.6 Å². The lowest BCUT2D eigenvalue weighted by molar-refractivity contribution is -0.128. The molecule has 0 aromatic carbocycles. The van der Waals surface area contributed by atoms with E-state index < -0.39 is 0 Å². The van der Waals surface area contributed by atoms with Crippen molar-refractivity contribution in [2.75, 3.05) is 33.8 Å². The Morgan fingerprint density at radius 2 is 2.19 bits per heavy atom. The lowest BCUT2D eigenvalue weighted by Gasteiger charge is -2.34. The number of hydrogen-bond acceptors (Lipinski definition) is 3. The second-order valence-electron chi connectivity index (χ2n) is 4.76. The fourth-order valence-electron chi connectivity index (χ4n) is 2.22. The van der Waals surface area contributed by atoms with Crippen molar-refractivity contribution in [3.8, 4) is 0 Å². The predicted molar refractivity (Wildman–Crippen MR) is 64.2 cm³/mol. The second kappa shape index (κ2) is 6.86. The van der Waals surface area contributed by atoms with Crippen LogP contribution in [0.3, 0.4) is 0 Å². The first-order chi connectivity index (χ1) is 7.65. The molecule has 1 rings (SSSR count). The molecule has 0 spiro atoms. The topological polar surface area (TPSA) is 43.8 Å². The summed E-state index contributed by atoms with van der Waals surface area (Å²) < 4.78 is 0. The summed E-state index contributed by atoms with van der Waals surface area (Å²) >= 11 is 0. The fourth-order valence-corrected chi connectivity index (χ4v) is 2.22. The Balaban J connectivity index is 2.22. The zero-order valence-electron chi connectivity index (χ0n) is 10.5. The average molecular weight is 228 g/mol. The molecule has 1 unspecified atom stereocenters. The summed E-state index contributed by atoms with van der Waals surface area (Å²) in [6.07, 6.45) is 5.05. The van der Waals surface area contributed by atoms with Crippen LogP contribution in [0.15, 0.2) is 0 Å². The van der Waals surface area contributed by atoms with Crippen LogP contribution in [0.4, 0.5) is 0 Å². The normalized spacial score (nSPS) is 22.1. The van der Waals surface area contributed by atoms with E-state index in [-0.39, 0.29) is 12.5 Å². The monoisotopic (exact) mass is 228 g/mol. The highest BCUT2D eigenvalue weighted by molar-refractivity contribution is 5.75. The molecule has 1 aliphatic heterocycles. The number of carbonyl (C=O) groups excluding carboxylic acids is 1. The Kier molecular flexibility index (Phi) is 5.77. The Morgan fingerprint density at radius 1 is 1.44 bits per heavy atom. The molecular weight excluding hydrogens is 204 g/mol. The third-order valence-electron chi connectivity index (χ3n) is 3.29. The quantitative estimate of drug-likeness (QED) is 0.753. The van der Waals surface area contributed by atoms with E-state index in [1.54, 1.807) is 19.0 Å². The molecule has 4 heteroatoms. The molecule has 1 fully saturated rings. The lowest BCUT2D eigenvalue weighted by Crippen LogP contribution is -2.42. The molecule has 1 heterocycles. The third kappa shape index (κ3) is 4.10. The minimum absolute atomic E-state index is 0.192. The first kappa shape index (κ1) is 13.5. The standard InChI is InChI=1S/C12H24N2O2/c1-13(2)12(16)7-5-9-14-8-4-3-6-11(14)10-15/h11,15H,3-10H2,1-2H3. The van der Waals surface area contributed by atoms with Gasteiger partial charge in [-0.1, -0.05) is 6.42 Å². The summed E-state index contributed by atoms with van der Waals surface area (Å²) in [5, 5.41) is 9.24. The van der Waals surface area contributed by atoms with E-state index in [1.807, 2.05) is 0 Å². The van der Waals surface area contributed by atoms with Crippen LogP contribution >= 0.6 is 0 Å². The van der Waals surface area contributed by atoms with Crippen LogP contribution in [-0.4, -0.2) is 60.6 Å². The molecule has 94 valence electrons. The molecule has 1 N–H and O–H groups in total. The van der Waals surface area contributed by atoms with E-state index in [2.05, 4.69) is 4.90 Å². The zero-order chi connectivity index (χ0) is 12.0. The van der Waals surface area contributed by atoms with Crippen molar-refractivity contribution in [1.29, 1.82) is 0 Å². The van der Waals surface area contributed by atoms with Gasteiger partial charge in [-0.2, -0.15) is 0 Å². The molecule has 0 aliphatic carbocycles. The van der Waals surface area contributed by atoms with E-state index in [0.29, 0.717) is 12.5 Å². The number of nitrogens with zero attached hydrogens (tertiary/aromatic N) is 2. The van der Waals surface area contributed by atoms with Crippen molar-refractivity contribution in [1.82, 2.24) is 9.80 Å². The van der Waals surface area contributed by atoms with Crippen molar-refractivity contribution in [2.45, 2.75) is 38.1 Å². The second-order valence-corrected chi connectivity index (χ2v) is 4.76. The first-order valence-electron chi connectivity index (χ1n) is 6.20. The van der Waals surface area contributed by atoms with Crippen LogP contribution in [0.2, 0.25) is 0 Å². The Morgan fingerprint density at radius 3 is 2.81 bits per heavy atom. The van der Waals surface area contributed by atoms with Crippen LogP contribution in [0.1, 0.15) is 32.1 Å². The molecule has 1 saturated heterocycles. The van der Waals surface area contributed by atoms with Gasteiger partial charge in [0.2, 0.25) is 5.91 Å². The van der Waals surface area contributed by atoms with Gasteiger partial charge < -0.3 is 10.0 Å². The predicted octanol–water partition coefficient (Wildman–Crippen LogP) is 0.702. The van der Waals surface area contributed by atoms with Crippen LogP contribution < -0.4 is 0 Å². The van der Waals surface area contributed by atoms with Crippen molar-refractivity contribution < 1.29 is 9.90 Å². The first-order valence-corrected chi connectivity index (χ1v) is 6.20. The van der Waals surface area contributed by atoms with Crippen LogP contribution in [0.5, 0.6) is 0 Å². The SMILES string of the molecule is CN(C)C(=O)CCCN1CCCCC1CO. The maximum Gasteiger partial charge on any atom is 0.222 e. The van der Waals surface area contributed by atoms with Crippen LogP contribution in [-0.2, 0) is 4.79 Å². The van der Waals surface area contributed by atoms with Crippen LogP contribution in [0.25, 0.3) is 0 Å². The summed E-state index contributed by atoms with van der Waals surface area (Å²) in [5.41, 5.74) is 0. The molecule has 0 aromatic heterocycles. The van der Waals surface area contributed by atoms with Crippen LogP contribution in [0, 0.1) is 0 Å². The van der Waals surface area contributed by atoms with Gasteiger partial charge in [-0.05, 0) is 32.4 Å². The van der Waals surface area contributed by atoms with E-state index in [0.717, 1.165) is 25.9 Å². The molecule has 1 atom stereocenters. The van der Waals surface area contributed by atoms with Crippen molar-refractivity contribution in [2.24, 2.45) is 0 Å². The molecular formula is C12H24N2O2. The number of amides is 1. The molecule has 16 heavy (non-hydrogen) atoms. The van der Waals surface area contributed by atoms with Gasteiger partial charge in [-0.15, -0.1) is 0 Å². The summed E-state index contributed by atoms with van der Waals surface area (Å²) in [7, 11) is 3.58. The maximum absolute atomic E-state index is 11.4. The number of likely N-dealkylation sites (tertiary alicyclic amines) is 1. The number of carbonyl (C=O) groups is 1. The van der Waals surface area contributed by atoms with Gasteiger partial charge in [-0.3, -0.25) is 9.69 Å². The largest absolute Gasteiger partial charge is 0.395 e. The summed E-state index contributed by atoms with van der Waals surface area (Å²) in [4.78, 5) is 15.4. The van der Waals surface area contributed by atoms with Gasteiger partial charge >= 0.3 is 0 Å². The molecule has 0 aromatic rings. The number of aliphatic hydroxyl groups is 1. The minimum atomic E-state index is 0.192. The summed E-state index contributed by atoms with van der Waals surface area (Å²) in [6.45, 7) is 2.26. The van der Waals surface area contributed by atoms with Gasteiger partial charge in [-0.25, -0.2) is 0 Å². The fraction of sp³-hybridized carbons (Fsp3) is 0.917. The summed E-state index contributed by atoms with van der Waals surface area (Å²) in [5.74, 6) is 0.192. The van der Waals surface area contributed by atoms with E-state index >= 15 is 0 Å². The Hall–Kier alpha value is -0.610. The Bertz CT molecular complexity index is 219. The van der Waals surface area contributed by atoms with Gasteiger partial charge in [0.1, 0.15) is 0 Å². The number of aliphatic hydroxyl groups excluding tert-OH is 1. The molecule has 0 radical (unpaired) electrons. The van der Waals surface area contributed by atoms with E-state index in [4.69, 9.17) is 0 Å². The average Bonchev–Trinajstić information content (AvgIpc) is 2.29. The highest BCUT2D eigenvalue weighted by Crippen LogP contribution is 2.16. The molecule has 0 bridgehead atoms. The van der Waals surface area contributed by atoms with Crippen molar-refractivity contribution in [3.05, 3.63) is 0 Å². The van der Waals surface area contributed by atoms with E-state index in [9.17, 15) is 9.90 Å². The number of hydrogen-bond donors (Lipinski definition) is 1. The Labute approximate surface area is 98.2 Å². The number of rotatable bonds is 5. The number of piperidine rings is 1. The summed E-state index contributed by atoms with van der Waals surface area (Å²) in [6, 6.07) is 0.322. The van der Waals surface area contributed by atoms with Gasteiger partial charge in [0.25, 0.3) is 0 Å². The van der Waals surface area contributed by atoms with Crippen molar-refractivity contribution in [3.63, 3.8) is 0 Å². The minimum Gasteiger partial charge on any atom is -0.395 e. The van der Waals surface area contributed by atoms with Crippen molar-refractivity contribution >= 4 is 5.91 Å². The lowest BCUT2D eigenvalue weighted by atomic mass is 10.0. The molecule has 4 nitrogen and oxygen atoms in total. The molecule has 0 saturated carbocycles. The zero-order valence-corrected chi connectivity index (χ0v) is 10.5. The maximum atomic E-state index is 11.4. The molecule has 1 amide bonds. The smallest absolute Gasteiger partial charge is 0.222 e. The highest BCUT2D eigenvalue weighted by Gasteiger charge is 2.21. The highest BCUT2D eigenvalue weighted by atomic mass is 16.3. The van der Waals surface area contributed by atoms with Gasteiger partial charge in [0.05, 0.1) is 6.61 Å². The van der Waals surface area contributed by atoms with Gasteiger partial charge in [0.15, 0.2) is 0 Å². The van der Waals surface area contributed by atoms with E-state index in [1.165, 1.54) is 12.8 Å².